The minimum absolute atomic E-state index is 0.252. The van der Waals surface area contributed by atoms with Crippen LogP contribution in [0.1, 0.15) is 30.9 Å². The lowest BCUT2D eigenvalue weighted by atomic mass is 9.98. The summed E-state index contributed by atoms with van der Waals surface area (Å²) in [4.78, 5) is 14.1. The Morgan fingerprint density at radius 3 is 2.33 bits per heavy atom. The van der Waals surface area contributed by atoms with Gasteiger partial charge < -0.3 is 10.6 Å². The van der Waals surface area contributed by atoms with Crippen LogP contribution >= 0.6 is 0 Å². The fourth-order valence-corrected chi connectivity index (χ4v) is 2.34. The van der Waals surface area contributed by atoms with E-state index in [1.54, 1.807) is 0 Å². The third kappa shape index (κ3) is 3.33. The molecule has 2 rings (SSSR count). The number of carbonyl (C=O) groups excluding carboxylic acids is 1. The summed E-state index contributed by atoms with van der Waals surface area (Å²) >= 11 is 0. The van der Waals surface area contributed by atoms with E-state index < -0.39 is 0 Å². The van der Waals surface area contributed by atoms with Crippen LogP contribution in [0.25, 0.3) is 0 Å². The minimum atomic E-state index is 0.252. The molecule has 1 fully saturated rings. The Morgan fingerprint density at radius 1 is 1.22 bits per heavy atom. The van der Waals surface area contributed by atoms with Crippen LogP contribution in [0.4, 0.5) is 0 Å². The first kappa shape index (κ1) is 13.1. The summed E-state index contributed by atoms with van der Waals surface area (Å²) in [6.07, 6.45) is 2.79. The molecule has 1 amide bonds. The van der Waals surface area contributed by atoms with E-state index in [4.69, 9.17) is 5.73 Å². The van der Waals surface area contributed by atoms with Crippen LogP contribution in [-0.4, -0.2) is 23.9 Å². The van der Waals surface area contributed by atoms with Crippen molar-refractivity contribution in [3.63, 3.8) is 0 Å². The van der Waals surface area contributed by atoms with Gasteiger partial charge in [-0.25, -0.2) is 0 Å². The van der Waals surface area contributed by atoms with Crippen LogP contribution in [0.2, 0.25) is 0 Å². The molecule has 0 saturated carbocycles. The van der Waals surface area contributed by atoms with Gasteiger partial charge in [-0.1, -0.05) is 31.2 Å². The third-order valence-electron chi connectivity index (χ3n) is 3.75. The molecule has 1 aliphatic rings. The average molecular weight is 246 g/mol. The van der Waals surface area contributed by atoms with Crippen LogP contribution in [0, 0.1) is 5.92 Å². The van der Waals surface area contributed by atoms with Crippen molar-refractivity contribution in [2.75, 3.05) is 13.1 Å². The second-order valence-corrected chi connectivity index (χ2v) is 5.26. The van der Waals surface area contributed by atoms with E-state index in [1.165, 1.54) is 0 Å². The summed E-state index contributed by atoms with van der Waals surface area (Å²) in [6, 6.07) is 8.01. The summed E-state index contributed by atoms with van der Waals surface area (Å²) in [5, 5.41) is 0. The molecule has 1 heterocycles. The number of rotatable bonds is 3. The van der Waals surface area contributed by atoms with Crippen LogP contribution in [0.15, 0.2) is 24.3 Å². The molecule has 1 aromatic carbocycles. The van der Waals surface area contributed by atoms with Gasteiger partial charge in [0.05, 0.1) is 6.42 Å². The zero-order chi connectivity index (χ0) is 13.0. The van der Waals surface area contributed by atoms with Crippen LogP contribution in [-0.2, 0) is 17.8 Å². The zero-order valence-electron chi connectivity index (χ0n) is 11.1. The first-order valence-electron chi connectivity index (χ1n) is 6.74. The third-order valence-corrected chi connectivity index (χ3v) is 3.75. The standard InChI is InChI=1S/C15H22N2O/c1-12-6-8-17(9-7-12)15(18)10-13-2-4-14(11-16)5-3-13/h2-5,12H,6-11,16H2,1H3. The predicted octanol–water partition coefficient (Wildman–Crippen LogP) is 1.95. The second-order valence-electron chi connectivity index (χ2n) is 5.26. The van der Waals surface area contributed by atoms with Crippen molar-refractivity contribution < 1.29 is 4.79 Å². The van der Waals surface area contributed by atoms with Crippen LogP contribution in [0.5, 0.6) is 0 Å². The summed E-state index contributed by atoms with van der Waals surface area (Å²) in [5.41, 5.74) is 7.74. The van der Waals surface area contributed by atoms with Gasteiger partial charge in [0, 0.05) is 19.6 Å². The highest BCUT2D eigenvalue weighted by atomic mass is 16.2. The molecule has 0 radical (unpaired) electrons. The summed E-state index contributed by atoms with van der Waals surface area (Å²) in [6.45, 7) is 4.65. The lowest BCUT2D eigenvalue weighted by Crippen LogP contribution is -2.38. The predicted molar refractivity (Wildman–Crippen MR) is 73.0 cm³/mol. The molecule has 0 aliphatic carbocycles. The lowest BCUT2D eigenvalue weighted by molar-refractivity contribution is -0.131. The van der Waals surface area contributed by atoms with Gasteiger partial charge >= 0.3 is 0 Å². The summed E-state index contributed by atoms with van der Waals surface area (Å²) in [5.74, 6) is 1.01. The van der Waals surface area contributed by atoms with Crippen molar-refractivity contribution in [3.8, 4) is 0 Å². The average Bonchev–Trinajstić information content (AvgIpc) is 2.40. The fraction of sp³-hybridized carbons (Fsp3) is 0.533. The Morgan fingerprint density at radius 2 is 1.78 bits per heavy atom. The monoisotopic (exact) mass is 246 g/mol. The fourth-order valence-electron chi connectivity index (χ4n) is 2.34. The van der Waals surface area contributed by atoms with Crippen molar-refractivity contribution in [2.24, 2.45) is 11.7 Å². The number of nitrogens with zero attached hydrogens (tertiary/aromatic N) is 1. The molecule has 0 bridgehead atoms. The van der Waals surface area contributed by atoms with E-state index >= 15 is 0 Å². The van der Waals surface area contributed by atoms with Gasteiger partial charge in [0.25, 0.3) is 0 Å². The zero-order valence-corrected chi connectivity index (χ0v) is 11.1. The van der Waals surface area contributed by atoms with E-state index in [0.717, 1.165) is 43.0 Å². The molecule has 98 valence electrons. The lowest BCUT2D eigenvalue weighted by Gasteiger charge is -2.30. The Balaban J connectivity index is 1.90. The van der Waals surface area contributed by atoms with Crippen molar-refractivity contribution in [1.82, 2.24) is 4.90 Å². The largest absolute Gasteiger partial charge is 0.342 e. The molecule has 18 heavy (non-hydrogen) atoms. The first-order chi connectivity index (χ1) is 8.69. The van der Waals surface area contributed by atoms with Gasteiger partial charge in [-0.3, -0.25) is 4.79 Å². The number of benzene rings is 1. The molecule has 0 atom stereocenters. The van der Waals surface area contributed by atoms with E-state index in [2.05, 4.69) is 6.92 Å². The highest BCUT2D eigenvalue weighted by Crippen LogP contribution is 2.17. The van der Waals surface area contributed by atoms with Gasteiger partial charge in [0.1, 0.15) is 0 Å². The highest BCUT2D eigenvalue weighted by molar-refractivity contribution is 5.78. The number of hydrogen-bond acceptors (Lipinski definition) is 2. The van der Waals surface area contributed by atoms with Gasteiger partial charge in [0.2, 0.25) is 5.91 Å². The molecule has 1 saturated heterocycles. The number of piperidine rings is 1. The van der Waals surface area contributed by atoms with Crippen LogP contribution < -0.4 is 5.73 Å². The van der Waals surface area contributed by atoms with E-state index in [9.17, 15) is 4.79 Å². The van der Waals surface area contributed by atoms with Crippen LogP contribution in [0.3, 0.4) is 0 Å². The number of amides is 1. The molecule has 1 aromatic rings. The molecule has 0 unspecified atom stereocenters. The first-order valence-corrected chi connectivity index (χ1v) is 6.74. The quantitative estimate of drug-likeness (QED) is 0.886. The summed E-state index contributed by atoms with van der Waals surface area (Å²) < 4.78 is 0. The Labute approximate surface area is 109 Å². The number of likely N-dealkylation sites (tertiary alicyclic amines) is 1. The van der Waals surface area contributed by atoms with E-state index in [-0.39, 0.29) is 5.91 Å². The summed E-state index contributed by atoms with van der Waals surface area (Å²) in [7, 11) is 0. The molecule has 0 spiro atoms. The Hall–Kier alpha value is -1.35. The highest BCUT2D eigenvalue weighted by Gasteiger charge is 2.20. The molecule has 1 aliphatic heterocycles. The maximum atomic E-state index is 12.1. The van der Waals surface area contributed by atoms with Crippen molar-refractivity contribution in [2.45, 2.75) is 32.7 Å². The number of hydrogen-bond donors (Lipinski definition) is 1. The molecule has 3 nitrogen and oxygen atoms in total. The maximum absolute atomic E-state index is 12.1. The van der Waals surface area contributed by atoms with E-state index in [0.29, 0.717) is 13.0 Å². The minimum Gasteiger partial charge on any atom is -0.342 e. The maximum Gasteiger partial charge on any atom is 0.226 e. The smallest absolute Gasteiger partial charge is 0.226 e. The molecule has 2 N–H and O–H groups in total. The topological polar surface area (TPSA) is 46.3 Å². The normalized spacial score (nSPS) is 16.9. The van der Waals surface area contributed by atoms with Gasteiger partial charge in [-0.05, 0) is 29.9 Å². The SMILES string of the molecule is CC1CCN(C(=O)Cc2ccc(CN)cc2)CC1. The van der Waals surface area contributed by atoms with Gasteiger partial charge in [-0.2, -0.15) is 0 Å². The molecule has 3 heteroatoms. The molecule has 0 aromatic heterocycles. The molecular weight excluding hydrogens is 224 g/mol. The number of nitrogens with two attached hydrogens (primary N) is 1. The van der Waals surface area contributed by atoms with Crippen molar-refractivity contribution >= 4 is 5.91 Å². The van der Waals surface area contributed by atoms with Crippen molar-refractivity contribution in [1.29, 1.82) is 0 Å². The van der Waals surface area contributed by atoms with E-state index in [1.807, 2.05) is 29.2 Å². The Bertz CT molecular complexity index is 391. The Kier molecular flexibility index (Phi) is 4.37. The number of carbonyl (C=O) groups is 1. The van der Waals surface area contributed by atoms with Crippen molar-refractivity contribution in [3.05, 3.63) is 35.4 Å². The molecular formula is C15H22N2O. The van der Waals surface area contributed by atoms with Gasteiger partial charge in [-0.15, -0.1) is 0 Å². The van der Waals surface area contributed by atoms with Gasteiger partial charge in [0.15, 0.2) is 0 Å². The second kappa shape index (κ2) is 6.01.